The minimum Gasteiger partial charge on any atom is -0.467 e. The van der Waals surface area contributed by atoms with Crippen molar-refractivity contribution < 1.29 is 4.42 Å². The Labute approximate surface area is 119 Å². The van der Waals surface area contributed by atoms with E-state index in [1.54, 1.807) is 23.8 Å². The fourth-order valence-electron chi connectivity index (χ4n) is 1.87. The summed E-state index contributed by atoms with van der Waals surface area (Å²) in [5.41, 5.74) is 1.10. The summed E-state index contributed by atoms with van der Waals surface area (Å²) >= 11 is 7.56. The SMILES string of the molecule is Clc1ccc(C(NCc2cn[nH]c2)c2ccco2)s1. The molecule has 3 heterocycles. The molecule has 0 amide bonds. The lowest BCUT2D eigenvalue weighted by atomic mass is 10.2. The van der Waals surface area contributed by atoms with Gasteiger partial charge >= 0.3 is 0 Å². The van der Waals surface area contributed by atoms with Gasteiger partial charge < -0.3 is 4.42 Å². The molecule has 0 aliphatic carbocycles. The first-order valence-electron chi connectivity index (χ1n) is 5.82. The molecule has 0 radical (unpaired) electrons. The molecule has 0 spiro atoms. The Bertz CT molecular complexity index is 618. The zero-order valence-corrected chi connectivity index (χ0v) is 11.5. The van der Waals surface area contributed by atoms with Crippen LogP contribution < -0.4 is 5.32 Å². The second kappa shape index (κ2) is 5.61. The van der Waals surface area contributed by atoms with Gasteiger partial charge in [0.1, 0.15) is 11.8 Å². The number of aromatic nitrogens is 2. The lowest BCUT2D eigenvalue weighted by Gasteiger charge is -2.14. The second-order valence-corrected chi connectivity index (χ2v) is 5.82. The van der Waals surface area contributed by atoms with Crippen LogP contribution in [0.4, 0.5) is 0 Å². The zero-order chi connectivity index (χ0) is 13.1. The topological polar surface area (TPSA) is 53.9 Å². The zero-order valence-electron chi connectivity index (χ0n) is 9.97. The van der Waals surface area contributed by atoms with Gasteiger partial charge in [0.05, 0.1) is 16.8 Å². The monoisotopic (exact) mass is 293 g/mol. The molecule has 0 aromatic carbocycles. The maximum Gasteiger partial charge on any atom is 0.126 e. The van der Waals surface area contributed by atoms with Crippen molar-refractivity contribution in [1.29, 1.82) is 0 Å². The Balaban J connectivity index is 1.80. The lowest BCUT2D eigenvalue weighted by Crippen LogP contribution is -2.20. The maximum atomic E-state index is 6.01. The number of furan rings is 1. The highest BCUT2D eigenvalue weighted by Gasteiger charge is 2.18. The first kappa shape index (κ1) is 12.5. The summed E-state index contributed by atoms with van der Waals surface area (Å²) in [6, 6.07) is 7.76. The molecule has 19 heavy (non-hydrogen) atoms. The third kappa shape index (κ3) is 2.89. The highest BCUT2D eigenvalue weighted by molar-refractivity contribution is 7.16. The molecule has 2 N–H and O–H groups in total. The third-order valence-electron chi connectivity index (χ3n) is 2.77. The van der Waals surface area contributed by atoms with Crippen molar-refractivity contribution in [3.63, 3.8) is 0 Å². The van der Waals surface area contributed by atoms with Crippen LogP contribution in [-0.2, 0) is 6.54 Å². The molecule has 3 rings (SSSR count). The standard InChI is InChI=1S/C13H12ClN3OS/c14-12-4-3-11(19-12)13(10-2-1-5-18-10)15-6-9-7-16-17-8-9/h1-5,7-8,13,15H,6H2,(H,16,17). The molecule has 3 aromatic rings. The van der Waals surface area contributed by atoms with E-state index in [4.69, 9.17) is 16.0 Å². The van der Waals surface area contributed by atoms with E-state index in [1.807, 2.05) is 30.5 Å². The summed E-state index contributed by atoms with van der Waals surface area (Å²) in [6.07, 6.45) is 5.35. The van der Waals surface area contributed by atoms with E-state index in [9.17, 15) is 0 Å². The highest BCUT2D eigenvalue weighted by atomic mass is 35.5. The molecule has 4 nitrogen and oxygen atoms in total. The normalized spacial score (nSPS) is 12.7. The molecule has 0 aliphatic rings. The molecule has 0 bridgehead atoms. The predicted octanol–water partition coefficient (Wildman–Crippen LogP) is 3.60. The average Bonchev–Trinajstić information content (AvgIpc) is 3.11. The molecule has 98 valence electrons. The van der Waals surface area contributed by atoms with Crippen LogP contribution in [0.2, 0.25) is 4.34 Å². The Kier molecular flexibility index (Phi) is 3.68. The van der Waals surface area contributed by atoms with Crippen LogP contribution in [0.3, 0.4) is 0 Å². The van der Waals surface area contributed by atoms with E-state index in [1.165, 1.54) is 0 Å². The number of halogens is 1. The molecular weight excluding hydrogens is 282 g/mol. The Hall–Kier alpha value is -1.56. The summed E-state index contributed by atoms with van der Waals surface area (Å²) in [5.74, 6) is 0.877. The van der Waals surface area contributed by atoms with Gasteiger partial charge in [-0.15, -0.1) is 11.3 Å². The van der Waals surface area contributed by atoms with E-state index >= 15 is 0 Å². The van der Waals surface area contributed by atoms with Crippen LogP contribution in [-0.4, -0.2) is 10.2 Å². The quantitative estimate of drug-likeness (QED) is 0.756. The van der Waals surface area contributed by atoms with Crippen molar-refractivity contribution in [3.8, 4) is 0 Å². The molecule has 0 saturated heterocycles. The van der Waals surface area contributed by atoms with E-state index in [0.717, 1.165) is 20.5 Å². The summed E-state index contributed by atoms with van der Waals surface area (Å²) in [6.45, 7) is 0.706. The second-order valence-electron chi connectivity index (χ2n) is 4.08. The molecular formula is C13H12ClN3OS. The first-order valence-corrected chi connectivity index (χ1v) is 7.02. The molecule has 3 aromatic heterocycles. The molecule has 1 atom stereocenters. The van der Waals surface area contributed by atoms with Gasteiger partial charge in [-0.2, -0.15) is 5.10 Å². The summed E-state index contributed by atoms with van der Waals surface area (Å²) in [4.78, 5) is 1.13. The Morgan fingerprint density at radius 3 is 3.00 bits per heavy atom. The van der Waals surface area contributed by atoms with Crippen LogP contribution in [0.1, 0.15) is 22.2 Å². The smallest absolute Gasteiger partial charge is 0.126 e. The summed E-state index contributed by atoms with van der Waals surface area (Å²) < 4.78 is 6.28. The van der Waals surface area contributed by atoms with Gasteiger partial charge in [0.25, 0.3) is 0 Å². The summed E-state index contributed by atoms with van der Waals surface area (Å²) in [5, 5.41) is 10.2. The summed E-state index contributed by atoms with van der Waals surface area (Å²) in [7, 11) is 0. The van der Waals surface area contributed by atoms with Crippen LogP contribution in [0, 0.1) is 0 Å². The fraction of sp³-hybridized carbons (Fsp3) is 0.154. The van der Waals surface area contributed by atoms with Gasteiger partial charge in [-0.1, -0.05) is 11.6 Å². The molecule has 0 aliphatic heterocycles. The van der Waals surface area contributed by atoms with Gasteiger partial charge in [-0.3, -0.25) is 10.4 Å². The van der Waals surface area contributed by atoms with E-state index in [-0.39, 0.29) is 6.04 Å². The van der Waals surface area contributed by atoms with Crippen LogP contribution in [0.5, 0.6) is 0 Å². The number of nitrogens with zero attached hydrogens (tertiary/aromatic N) is 1. The molecule has 1 unspecified atom stereocenters. The number of H-pyrrole nitrogens is 1. The van der Waals surface area contributed by atoms with Crippen molar-refractivity contribution in [3.05, 3.63) is 63.5 Å². The molecule has 6 heteroatoms. The Morgan fingerprint density at radius 1 is 1.42 bits per heavy atom. The van der Waals surface area contributed by atoms with Crippen molar-refractivity contribution in [2.45, 2.75) is 12.6 Å². The fourth-order valence-corrected chi connectivity index (χ4v) is 3.02. The molecule has 0 saturated carbocycles. The number of hydrogen-bond acceptors (Lipinski definition) is 4. The van der Waals surface area contributed by atoms with Gasteiger partial charge in [0, 0.05) is 23.2 Å². The average molecular weight is 294 g/mol. The van der Waals surface area contributed by atoms with E-state index in [0.29, 0.717) is 6.54 Å². The van der Waals surface area contributed by atoms with Crippen molar-refractivity contribution >= 4 is 22.9 Å². The van der Waals surface area contributed by atoms with Crippen LogP contribution in [0.15, 0.2) is 47.3 Å². The van der Waals surface area contributed by atoms with Crippen molar-refractivity contribution in [2.24, 2.45) is 0 Å². The minimum absolute atomic E-state index is 0.00222. The van der Waals surface area contributed by atoms with Gasteiger partial charge in [-0.25, -0.2) is 0 Å². The number of thiophene rings is 1. The van der Waals surface area contributed by atoms with Crippen molar-refractivity contribution in [2.75, 3.05) is 0 Å². The van der Waals surface area contributed by atoms with Crippen LogP contribution >= 0.6 is 22.9 Å². The van der Waals surface area contributed by atoms with E-state index < -0.39 is 0 Å². The largest absolute Gasteiger partial charge is 0.467 e. The lowest BCUT2D eigenvalue weighted by molar-refractivity contribution is 0.449. The van der Waals surface area contributed by atoms with E-state index in [2.05, 4.69) is 15.5 Å². The first-order chi connectivity index (χ1) is 9.33. The Morgan fingerprint density at radius 2 is 2.37 bits per heavy atom. The number of rotatable bonds is 5. The van der Waals surface area contributed by atoms with Gasteiger partial charge in [0.15, 0.2) is 0 Å². The van der Waals surface area contributed by atoms with Crippen LogP contribution in [0.25, 0.3) is 0 Å². The highest BCUT2D eigenvalue weighted by Crippen LogP contribution is 2.31. The van der Waals surface area contributed by atoms with Crippen molar-refractivity contribution in [1.82, 2.24) is 15.5 Å². The predicted molar refractivity (Wildman–Crippen MR) is 75.3 cm³/mol. The number of hydrogen-bond donors (Lipinski definition) is 2. The third-order valence-corrected chi connectivity index (χ3v) is 4.07. The number of aromatic amines is 1. The minimum atomic E-state index is 0.00222. The van der Waals surface area contributed by atoms with Gasteiger partial charge in [-0.05, 0) is 24.3 Å². The maximum absolute atomic E-state index is 6.01. The molecule has 0 fully saturated rings. The van der Waals surface area contributed by atoms with Gasteiger partial charge in [0.2, 0.25) is 0 Å². The number of nitrogens with one attached hydrogen (secondary N) is 2.